The summed E-state index contributed by atoms with van der Waals surface area (Å²) in [6.45, 7) is 0. The van der Waals surface area contributed by atoms with E-state index in [9.17, 15) is 9.59 Å². The van der Waals surface area contributed by atoms with E-state index in [1.54, 1.807) is 18.2 Å². The third-order valence-electron chi connectivity index (χ3n) is 1.74. The molecule has 0 unspecified atom stereocenters. The van der Waals surface area contributed by atoms with E-state index in [0.717, 1.165) is 0 Å². The van der Waals surface area contributed by atoms with Gasteiger partial charge >= 0.3 is 0 Å². The maximum absolute atomic E-state index is 11.1. The molecular weight excluding hydrogens is 156 g/mol. The Morgan fingerprint density at radius 1 is 1.25 bits per heavy atom. The number of benzene rings is 1. The summed E-state index contributed by atoms with van der Waals surface area (Å²) in [7, 11) is 0. The van der Waals surface area contributed by atoms with Crippen LogP contribution in [0.2, 0.25) is 0 Å². The maximum Gasteiger partial charge on any atom is 0.296 e. The van der Waals surface area contributed by atoms with Gasteiger partial charge in [0.2, 0.25) is 0 Å². The number of ketones is 1. The Morgan fingerprint density at radius 2 is 2.00 bits per heavy atom. The van der Waals surface area contributed by atoms with E-state index in [4.69, 9.17) is 5.73 Å². The number of hydrogen-bond acceptors (Lipinski definition) is 3. The summed E-state index contributed by atoms with van der Waals surface area (Å²) in [6, 6.07) is 4.71. The minimum absolute atomic E-state index is 0.397. The van der Waals surface area contributed by atoms with Crippen molar-refractivity contribution in [3.63, 3.8) is 0 Å². The van der Waals surface area contributed by atoms with Gasteiger partial charge in [0.05, 0.1) is 11.3 Å². The van der Waals surface area contributed by atoms with Crippen LogP contribution in [0.5, 0.6) is 0 Å². The fraction of sp³-hybridized carbons (Fsp3) is 0. The average Bonchev–Trinajstić information content (AvgIpc) is 2.28. The fourth-order valence-corrected chi connectivity index (χ4v) is 1.16. The molecule has 0 saturated heterocycles. The zero-order chi connectivity index (χ0) is 8.72. The quantitative estimate of drug-likeness (QED) is 0.428. The smallest absolute Gasteiger partial charge is 0.296 e. The molecule has 1 amide bonds. The van der Waals surface area contributed by atoms with Crippen LogP contribution in [-0.4, -0.2) is 11.7 Å². The van der Waals surface area contributed by atoms with Crippen LogP contribution in [0.15, 0.2) is 18.2 Å². The Hall–Kier alpha value is -1.84. The van der Waals surface area contributed by atoms with E-state index in [0.29, 0.717) is 16.9 Å². The molecule has 0 saturated carbocycles. The summed E-state index contributed by atoms with van der Waals surface area (Å²) in [4.78, 5) is 21.9. The molecule has 12 heavy (non-hydrogen) atoms. The first-order valence-corrected chi connectivity index (χ1v) is 3.43. The van der Waals surface area contributed by atoms with Crippen LogP contribution in [-0.2, 0) is 4.79 Å². The molecule has 3 N–H and O–H groups in total. The van der Waals surface area contributed by atoms with Gasteiger partial charge in [-0.3, -0.25) is 9.59 Å². The minimum Gasteiger partial charge on any atom is -0.399 e. The third kappa shape index (κ3) is 0.780. The highest BCUT2D eigenvalue weighted by atomic mass is 16.2. The molecule has 1 aromatic carbocycles. The van der Waals surface area contributed by atoms with Gasteiger partial charge in [-0.1, -0.05) is 0 Å². The Morgan fingerprint density at radius 3 is 2.75 bits per heavy atom. The van der Waals surface area contributed by atoms with E-state index < -0.39 is 11.7 Å². The van der Waals surface area contributed by atoms with Gasteiger partial charge in [0.15, 0.2) is 0 Å². The first kappa shape index (κ1) is 6.84. The Bertz CT molecular complexity index is 385. The molecule has 60 valence electrons. The number of nitrogen functional groups attached to an aromatic ring is 1. The van der Waals surface area contributed by atoms with Crippen molar-refractivity contribution in [3.05, 3.63) is 23.8 Å². The molecule has 1 aliphatic rings. The largest absolute Gasteiger partial charge is 0.399 e. The van der Waals surface area contributed by atoms with Crippen LogP contribution in [0.25, 0.3) is 0 Å². The zero-order valence-corrected chi connectivity index (χ0v) is 6.13. The Balaban J connectivity index is 2.62. The zero-order valence-electron chi connectivity index (χ0n) is 6.13. The van der Waals surface area contributed by atoms with Gasteiger partial charge in [-0.25, -0.2) is 0 Å². The second-order valence-corrected chi connectivity index (χ2v) is 2.59. The number of fused-ring (bicyclic) bond motifs is 1. The molecule has 1 aromatic rings. The fourth-order valence-electron chi connectivity index (χ4n) is 1.16. The van der Waals surface area contributed by atoms with Crippen LogP contribution >= 0.6 is 0 Å². The van der Waals surface area contributed by atoms with Crippen LogP contribution in [0.1, 0.15) is 10.4 Å². The number of rotatable bonds is 0. The van der Waals surface area contributed by atoms with E-state index in [1.807, 2.05) is 0 Å². The molecule has 2 rings (SSSR count). The number of nitrogens with two attached hydrogens (primary N) is 1. The van der Waals surface area contributed by atoms with Crippen LogP contribution in [0, 0.1) is 0 Å². The maximum atomic E-state index is 11.1. The second kappa shape index (κ2) is 2.07. The molecule has 0 radical (unpaired) electrons. The number of anilines is 2. The van der Waals surface area contributed by atoms with Gasteiger partial charge < -0.3 is 11.1 Å². The molecule has 4 nitrogen and oxygen atoms in total. The minimum atomic E-state index is -0.587. The number of nitrogens with one attached hydrogen (secondary N) is 1. The Labute approximate surface area is 68.4 Å². The van der Waals surface area contributed by atoms with Gasteiger partial charge in [0.1, 0.15) is 0 Å². The van der Waals surface area contributed by atoms with Gasteiger partial charge in [0.25, 0.3) is 11.7 Å². The number of Topliss-reactive ketones (excluding diaryl/α,β-unsaturated/α-hetero) is 1. The SMILES string of the molecule is Nc1ccc2c(c1)NC(=O)C2=O. The van der Waals surface area contributed by atoms with Crippen molar-refractivity contribution in [2.75, 3.05) is 11.1 Å². The number of amides is 1. The molecule has 0 atom stereocenters. The molecule has 4 heteroatoms. The summed E-state index contributed by atoms with van der Waals surface area (Å²) in [5.41, 5.74) is 6.89. The highest BCUT2D eigenvalue weighted by Gasteiger charge is 2.27. The highest BCUT2D eigenvalue weighted by Crippen LogP contribution is 2.24. The molecule has 0 aliphatic carbocycles. The first-order valence-electron chi connectivity index (χ1n) is 3.43. The summed E-state index contributed by atoms with van der Waals surface area (Å²) in [5, 5.41) is 2.42. The topological polar surface area (TPSA) is 72.2 Å². The lowest BCUT2D eigenvalue weighted by Gasteiger charge is -1.96. The van der Waals surface area contributed by atoms with Crippen molar-refractivity contribution in [1.82, 2.24) is 0 Å². The normalized spacial score (nSPS) is 14.3. The molecule has 1 heterocycles. The van der Waals surface area contributed by atoms with Crippen LogP contribution in [0.4, 0.5) is 11.4 Å². The van der Waals surface area contributed by atoms with Gasteiger partial charge in [-0.05, 0) is 18.2 Å². The lowest BCUT2D eigenvalue weighted by atomic mass is 10.1. The number of hydrogen-bond donors (Lipinski definition) is 2. The third-order valence-corrected chi connectivity index (χ3v) is 1.74. The van der Waals surface area contributed by atoms with Crippen molar-refractivity contribution in [3.8, 4) is 0 Å². The van der Waals surface area contributed by atoms with E-state index in [1.165, 1.54) is 0 Å². The molecule has 0 fully saturated rings. The summed E-state index contributed by atoms with van der Waals surface area (Å²) < 4.78 is 0. The van der Waals surface area contributed by atoms with Crippen LogP contribution < -0.4 is 11.1 Å². The number of carbonyl (C=O) groups is 2. The van der Waals surface area contributed by atoms with Gasteiger partial charge in [-0.2, -0.15) is 0 Å². The average molecular weight is 162 g/mol. The predicted octanol–water partition coefficient (Wildman–Crippen LogP) is 0.404. The number of carbonyl (C=O) groups excluding carboxylic acids is 2. The van der Waals surface area contributed by atoms with Gasteiger partial charge in [-0.15, -0.1) is 0 Å². The van der Waals surface area contributed by atoms with Crippen molar-refractivity contribution in [2.45, 2.75) is 0 Å². The van der Waals surface area contributed by atoms with E-state index in [2.05, 4.69) is 5.32 Å². The Kier molecular flexibility index (Phi) is 1.18. The molecular formula is C8H6N2O2. The van der Waals surface area contributed by atoms with Crippen molar-refractivity contribution in [1.29, 1.82) is 0 Å². The highest BCUT2D eigenvalue weighted by molar-refractivity contribution is 6.51. The van der Waals surface area contributed by atoms with E-state index >= 15 is 0 Å². The molecule has 0 spiro atoms. The predicted molar refractivity (Wildman–Crippen MR) is 43.8 cm³/mol. The lowest BCUT2D eigenvalue weighted by molar-refractivity contribution is -0.112. The van der Waals surface area contributed by atoms with Crippen LogP contribution in [0.3, 0.4) is 0 Å². The monoisotopic (exact) mass is 162 g/mol. The lowest BCUT2D eigenvalue weighted by Crippen LogP contribution is -2.12. The molecule has 0 bridgehead atoms. The standard InChI is InChI=1S/C8H6N2O2/c9-4-1-2-5-6(3-4)10-8(12)7(5)11/h1-3H,9H2,(H,10,11,12). The summed E-state index contributed by atoms with van der Waals surface area (Å²) in [6.07, 6.45) is 0. The molecule has 1 aliphatic heterocycles. The van der Waals surface area contributed by atoms with E-state index in [-0.39, 0.29) is 0 Å². The van der Waals surface area contributed by atoms with Crippen molar-refractivity contribution in [2.24, 2.45) is 0 Å². The first-order chi connectivity index (χ1) is 5.68. The molecule has 0 aromatic heterocycles. The summed E-state index contributed by atoms with van der Waals surface area (Å²) in [5.74, 6) is -1.08. The van der Waals surface area contributed by atoms with Crippen molar-refractivity contribution < 1.29 is 9.59 Å². The van der Waals surface area contributed by atoms with Gasteiger partial charge in [0, 0.05) is 5.69 Å². The second-order valence-electron chi connectivity index (χ2n) is 2.59. The van der Waals surface area contributed by atoms with Crippen molar-refractivity contribution >= 4 is 23.1 Å². The summed E-state index contributed by atoms with van der Waals surface area (Å²) >= 11 is 0.